The van der Waals surface area contributed by atoms with Crippen molar-refractivity contribution < 1.29 is 14.3 Å². The summed E-state index contributed by atoms with van der Waals surface area (Å²) in [6.07, 6.45) is 15.3. The third-order valence-corrected chi connectivity index (χ3v) is 4.86. The maximum Gasteiger partial charge on any atom is 0.305 e. The number of unbranched alkanes of at least 4 members (excludes halogenated alkanes) is 9. The lowest BCUT2D eigenvalue weighted by atomic mass is 10.1. The molecule has 0 unspecified atom stereocenters. The quantitative estimate of drug-likeness (QED) is 0.181. The molecule has 0 aromatic heterocycles. The van der Waals surface area contributed by atoms with Crippen molar-refractivity contribution in [3.05, 3.63) is 0 Å². The SMILES string of the molecule is CCOC(=O)CCCCCCCN(CCCCCCCC=O)CCCNC. The van der Waals surface area contributed by atoms with Crippen molar-refractivity contribution in [3.8, 4) is 0 Å². The molecule has 0 amide bonds. The van der Waals surface area contributed by atoms with E-state index in [1.807, 2.05) is 14.0 Å². The van der Waals surface area contributed by atoms with Crippen LogP contribution in [0.4, 0.5) is 0 Å². The summed E-state index contributed by atoms with van der Waals surface area (Å²) in [5.74, 6) is -0.0561. The normalized spacial score (nSPS) is 11.1. The highest BCUT2D eigenvalue weighted by molar-refractivity contribution is 5.69. The molecule has 0 fully saturated rings. The van der Waals surface area contributed by atoms with E-state index in [1.165, 1.54) is 71.0 Å². The fourth-order valence-corrected chi connectivity index (χ4v) is 3.28. The van der Waals surface area contributed by atoms with Crippen LogP contribution in [0.25, 0.3) is 0 Å². The van der Waals surface area contributed by atoms with Crippen LogP contribution >= 0.6 is 0 Å². The minimum absolute atomic E-state index is 0.0561. The Morgan fingerprint density at radius 3 is 2.00 bits per heavy atom. The molecule has 1 N–H and O–H groups in total. The van der Waals surface area contributed by atoms with Crippen LogP contribution in [0.5, 0.6) is 0 Å². The molecule has 0 aliphatic heterocycles. The number of carbonyl (C=O) groups excluding carboxylic acids is 2. The monoisotopic (exact) mass is 384 g/mol. The third-order valence-electron chi connectivity index (χ3n) is 4.86. The van der Waals surface area contributed by atoms with Gasteiger partial charge in [-0.15, -0.1) is 0 Å². The fraction of sp³-hybridized carbons (Fsp3) is 0.909. The van der Waals surface area contributed by atoms with Crippen molar-refractivity contribution in [2.75, 3.05) is 39.8 Å². The molecule has 0 atom stereocenters. The minimum atomic E-state index is -0.0561. The zero-order chi connectivity index (χ0) is 20.0. The second-order valence-electron chi connectivity index (χ2n) is 7.34. The Kier molecular flexibility index (Phi) is 20.6. The number of nitrogens with zero attached hydrogens (tertiary/aromatic N) is 1. The molecule has 5 heteroatoms. The number of nitrogens with one attached hydrogen (secondary N) is 1. The van der Waals surface area contributed by atoms with Gasteiger partial charge in [-0.25, -0.2) is 0 Å². The van der Waals surface area contributed by atoms with Crippen LogP contribution in [0.2, 0.25) is 0 Å². The van der Waals surface area contributed by atoms with Crippen molar-refractivity contribution in [2.45, 2.75) is 90.4 Å². The Morgan fingerprint density at radius 2 is 1.41 bits per heavy atom. The van der Waals surface area contributed by atoms with Crippen LogP contribution in [0.15, 0.2) is 0 Å². The summed E-state index contributed by atoms with van der Waals surface area (Å²) in [6, 6.07) is 0. The molecule has 0 aromatic carbocycles. The van der Waals surface area contributed by atoms with Gasteiger partial charge in [0.15, 0.2) is 0 Å². The van der Waals surface area contributed by atoms with E-state index in [1.54, 1.807) is 0 Å². The van der Waals surface area contributed by atoms with Crippen molar-refractivity contribution >= 4 is 12.3 Å². The predicted octanol–water partition coefficient (Wildman–Crippen LogP) is 4.34. The first kappa shape index (κ1) is 26.1. The number of carbonyl (C=O) groups is 2. The van der Waals surface area contributed by atoms with Gasteiger partial charge in [0.2, 0.25) is 0 Å². The molecular weight excluding hydrogens is 340 g/mol. The molecule has 0 saturated heterocycles. The van der Waals surface area contributed by atoms with Crippen LogP contribution in [-0.2, 0) is 14.3 Å². The summed E-state index contributed by atoms with van der Waals surface area (Å²) in [5, 5.41) is 3.23. The molecule has 27 heavy (non-hydrogen) atoms. The number of aldehydes is 1. The van der Waals surface area contributed by atoms with E-state index in [0.717, 1.165) is 38.5 Å². The molecule has 0 aliphatic rings. The molecule has 0 aliphatic carbocycles. The Bertz CT molecular complexity index is 338. The van der Waals surface area contributed by atoms with Gasteiger partial charge in [0.05, 0.1) is 6.61 Å². The van der Waals surface area contributed by atoms with Crippen LogP contribution < -0.4 is 5.32 Å². The highest BCUT2D eigenvalue weighted by Crippen LogP contribution is 2.09. The number of esters is 1. The van der Waals surface area contributed by atoms with Crippen molar-refractivity contribution in [3.63, 3.8) is 0 Å². The fourth-order valence-electron chi connectivity index (χ4n) is 3.28. The van der Waals surface area contributed by atoms with E-state index in [-0.39, 0.29) is 5.97 Å². The number of ether oxygens (including phenoxy) is 1. The molecule has 5 nitrogen and oxygen atoms in total. The van der Waals surface area contributed by atoms with Gasteiger partial charge in [0.1, 0.15) is 6.29 Å². The summed E-state index contributed by atoms with van der Waals surface area (Å²) in [5.41, 5.74) is 0. The zero-order valence-corrected chi connectivity index (χ0v) is 18.0. The van der Waals surface area contributed by atoms with Crippen LogP contribution in [0.1, 0.15) is 90.4 Å². The molecule has 0 saturated carbocycles. The molecule has 0 radical (unpaired) electrons. The number of rotatable bonds is 21. The summed E-state index contributed by atoms with van der Waals surface area (Å²) in [6.45, 7) is 6.98. The van der Waals surface area contributed by atoms with E-state index in [4.69, 9.17) is 4.74 Å². The van der Waals surface area contributed by atoms with E-state index in [2.05, 4.69) is 10.2 Å². The van der Waals surface area contributed by atoms with Crippen LogP contribution in [0.3, 0.4) is 0 Å². The highest BCUT2D eigenvalue weighted by Gasteiger charge is 2.05. The third kappa shape index (κ3) is 19.6. The number of hydrogen-bond acceptors (Lipinski definition) is 5. The summed E-state index contributed by atoms with van der Waals surface area (Å²) in [7, 11) is 2.01. The minimum Gasteiger partial charge on any atom is -0.466 e. The highest BCUT2D eigenvalue weighted by atomic mass is 16.5. The Hall–Kier alpha value is -0.940. The van der Waals surface area contributed by atoms with Gasteiger partial charge in [-0.2, -0.15) is 0 Å². The summed E-state index contributed by atoms with van der Waals surface area (Å²) >= 11 is 0. The van der Waals surface area contributed by atoms with E-state index in [9.17, 15) is 9.59 Å². The van der Waals surface area contributed by atoms with Gasteiger partial charge in [0.25, 0.3) is 0 Å². The first-order valence-electron chi connectivity index (χ1n) is 11.2. The van der Waals surface area contributed by atoms with Crippen molar-refractivity contribution in [2.24, 2.45) is 0 Å². The zero-order valence-electron chi connectivity index (χ0n) is 18.0. The van der Waals surface area contributed by atoms with Crippen LogP contribution in [-0.4, -0.2) is 57.0 Å². The van der Waals surface area contributed by atoms with Gasteiger partial charge >= 0.3 is 5.97 Å². The van der Waals surface area contributed by atoms with Gasteiger partial charge < -0.3 is 19.7 Å². The second kappa shape index (κ2) is 21.4. The van der Waals surface area contributed by atoms with E-state index < -0.39 is 0 Å². The Labute approximate surface area is 167 Å². The van der Waals surface area contributed by atoms with Gasteiger partial charge in [-0.3, -0.25) is 4.79 Å². The van der Waals surface area contributed by atoms with E-state index in [0.29, 0.717) is 13.0 Å². The predicted molar refractivity (Wildman–Crippen MR) is 113 cm³/mol. The van der Waals surface area contributed by atoms with Gasteiger partial charge in [-0.1, -0.05) is 38.5 Å². The topological polar surface area (TPSA) is 58.6 Å². The lowest BCUT2D eigenvalue weighted by molar-refractivity contribution is -0.143. The molecule has 0 heterocycles. The molecule has 0 spiro atoms. The average Bonchev–Trinajstić information content (AvgIpc) is 2.66. The lowest BCUT2D eigenvalue weighted by Crippen LogP contribution is -2.29. The molecular formula is C22H44N2O3. The molecule has 0 bridgehead atoms. The average molecular weight is 385 g/mol. The summed E-state index contributed by atoms with van der Waals surface area (Å²) in [4.78, 5) is 24.2. The van der Waals surface area contributed by atoms with Crippen molar-refractivity contribution in [1.29, 1.82) is 0 Å². The lowest BCUT2D eigenvalue weighted by Gasteiger charge is -2.22. The Morgan fingerprint density at radius 1 is 0.852 bits per heavy atom. The number of hydrogen-bond donors (Lipinski definition) is 1. The molecule has 0 aromatic rings. The van der Waals surface area contributed by atoms with Crippen molar-refractivity contribution in [1.82, 2.24) is 10.2 Å². The van der Waals surface area contributed by atoms with Gasteiger partial charge in [-0.05, 0) is 72.3 Å². The van der Waals surface area contributed by atoms with Crippen LogP contribution in [0, 0.1) is 0 Å². The first-order chi connectivity index (χ1) is 13.2. The maximum atomic E-state index is 11.3. The molecule has 160 valence electrons. The second-order valence-corrected chi connectivity index (χ2v) is 7.34. The van der Waals surface area contributed by atoms with E-state index >= 15 is 0 Å². The maximum absolute atomic E-state index is 11.3. The van der Waals surface area contributed by atoms with Gasteiger partial charge in [0, 0.05) is 12.8 Å². The largest absolute Gasteiger partial charge is 0.466 e. The first-order valence-corrected chi connectivity index (χ1v) is 11.2. The standard InChI is InChI=1S/C22H44N2O3/c1-3-27-22(26)16-11-7-6-9-13-19-24(20-15-17-23-2)18-12-8-4-5-10-14-21-25/h21,23H,3-20H2,1-2H3. The summed E-state index contributed by atoms with van der Waals surface area (Å²) < 4.78 is 4.96. The smallest absolute Gasteiger partial charge is 0.305 e. The molecule has 0 rings (SSSR count). The Balaban J connectivity index is 3.72.